The summed E-state index contributed by atoms with van der Waals surface area (Å²) < 4.78 is 13.7. The van der Waals surface area contributed by atoms with Gasteiger partial charge in [-0.3, -0.25) is 4.79 Å². The predicted molar refractivity (Wildman–Crippen MR) is 137 cm³/mol. The quantitative estimate of drug-likeness (QED) is 0.180. The Balaban J connectivity index is 1.76. The first-order valence-corrected chi connectivity index (χ1v) is 11.7. The van der Waals surface area contributed by atoms with Crippen molar-refractivity contribution in [2.45, 2.75) is 13.5 Å². The third-order valence-electron chi connectivity index (χ3n) is 4.35. The lowest BCUT2D eigenvalue weighted by molar-refractivity contribution is -0.112. The van der Waals surface area contributed by atoms with Gasteiger partial charge in [-0.2, -0.15) is 5.26 Å². The number of anilines is 1. The topological polar surface area (TPSA) is 71.3 Å². The molecule has 0 atom stereocenters. The van der Waals surface area contributed by atoms with E-state index in [2.05, 4.69) is 43.8 Å². The van der Waals surface area contributed by atoms with Gasteiger partial charge in [-0.1, -0.05) is 34.1 Å². The van der Waals surface area contributed by atoms with E-state index < -0.39 is 5.91 Å². The lowest BCUT2D eigenvalue weighted by atomic mass is 10.1. The van der Waals surface area contributed by atoms with E-state index in [1.165, 1.54) is 6.08 Å². The molecular weight excluding hydrogens is 583 g/mol. The number of amides is 1. The number of halogens is 2. The third kappa shape index (κ3) is 6.84. The van der Waals surface area contributed by atoms with Gasteiger partial charge in [-0.25, -0.2) is 0 Å². The maximum atomic E-state index is 12.5. The molecule has 3 aromatic rings. The van der Waals surface area contributed by atoms with Crippen LogP contribution in [0.25, 0.3) is 6.08 Å². The van der Waals surface area contributed by atoms with Gasteiger partial charge in [0.1, 0.15) is 18.2 Å². The van der Waals surface area contributed by atoms with Crippen molar-refractivity contribution in [1.82, 2.24) is 0 Å². The zero-order valence-corrected chi connectivity index (χ0v) is 21.0. The molecule has 0 aliphatic heterocycles. The molecule has 0 fully saturated rings. The highest BCUT2D eigenvalue weighted by Gasteiger charge is 2.12. The van der Waals surface area contributed by atoms with Crippen molar-refractivity contribution >= 4 is 56.2 Å². The molecule has 0 heterocycles. The lowest BCUT2D eigenvalue weighted by Gasteiger charge is -2.13. The summed E-state index contributed by atoms with van der Waals surface area (Å²) in [7, 11) is 0. The van der Waals surface area contributed by atoms with E-state index in [0.29, 0.717) is 36.0 Å². The second kappa shape index (κ2) is 11.7. The number of carbonyl (C=O) groups excluding carboxylic acids is 1. The number of rotatable bonds is 8. The Bertz CT molecular complexity index is 1150. The molecule has 3 rings (SSSR count). The van der Waals surface area contributed by atoms with Gasteiger partial charge in [0.2, 0.25) is 0 Å². The number of carbonyl (C=O) groups is 1. The van der Waals surface area contributed by atoms with E-state index in [4.69, 9.17) is 9.47 Å². The van der Waals surface area contributed by atoms with Crippen LogP contribution in [0.1, 0.15) is 18.1 Å². The zero-order valence-electron chi connectivity index (χ0n) is 17.3. The summed E-state index contributed by atoms with van der Waals surface area (Å²) in [6.45, 7) is 2.76. The van der Waals surface area contributed by atoms with Crippen molar-refractivity contribution in [3.8, 4) is 17.6 Å². The predicted octanol–water partition coefficient (Wildman–Crippen LogP) is 6.58. The fourth-order valence-electron chi connectivity index (χ4n) is 2.79. The number of hydrogen-bond acceptors (Lipinski definition) is 4. The van der Waals surface area contributed by atoms with E-state index in [-0.39, 0.29) is 5.57 Å². The molecule has 1 N–H and O–H groups in total. The first-order valence-electron chi connectivity index (χ1n) is 9.81. The highest BCUT2D eigenvalue weighted by atomic mass is 127. The second-order valence-electron chi connectivity index (χ2n) is 6.69. The van der Waals surface area contributed by atoms with Crippen molar-refractivity contribution < 1.29 is 14.3 Å². The van der Waals surface area contributed by atoms with E-state index in [1.807, 2.05) is 49.4 Å². The van der Waals surface area contributed by atoms with Crippen LogP contribution in [-0.2, 0) is 11.4 Å². The molecule has 5 nitrogen and oxygen atoms in total. The summed E-state index contributed by atoms with van der Waals surface area (Å²) in [6.07, 6.45) is 1.53. The van der Waals surface area contributed by atoms with E-state index in [1.54, 1.807) is 30.3 Å². The summed E-state index contributed by atoms with van der Waals surface area (Å²) in [6, 6.07) is 22.5. The fraction of sp³-hybridized carbons (Fsp3) is 0.120. The number of benzene rings is 3. The Hall–Kier alpha value is -2.83. The summed E-state index contributed by atoms with van der Waals surface area (Å²) in [5, 5.41) is 12.2. The van der Waals surface area contributed by atoms with Gasteiger partial charge in [-0.05, 0) is 95.2 Å². The van der Waals surface area contributed by atoms with Crippen molar-refractivity contribution in [2.75, 3.05) is 11.9 Å². The Labute approximate surface area is 209 Å². The van der Waals surface area contributed by atoms with Crippen LogP contribution in [0.3, 0.4) is 0 Å². The van der Waals surface area contributed by atoms with Crippen LogP contribution in [0.2, 0.25) is 0 Å². The van der Waals surface area contributed by atoms with Crippen LogP contribution >= 0.6 is 38.5 Å². The Morgan fingerprint density at radius 1 is 1.06 bits per heavy atom. The molecule has 0 radical (unpaired) electrons. The first kappa shape index (κ1) is 23.8. The summed E-state index contributed by atoms with van der Waals surface area (Å²) >= 11 is 5.61. The first-order chi connectivity index (χ1) is 15.5. The van der Waals surface area contributed by atoms with E-state index in [9.17, 15) is 10.1 Å². The molecule has 0 aliphatic carbocycles. The Kier molecular flexibility index (Phi) is 8.71. The van der Waals surface area contributed by atoms with Crippen LogP contribution in [-0.4, -0.2) is 12.5 Å². The molecule has 0 saturated heterocycles. The van der Waals surface area contributed by atoms with Crippen LogP contribution in [0.15, 0.2) is 76.8 Å². The zero-order chi connectivity index (χ0) is 22.9. The SMILES string of the molecule is CCOc1cc(/C=C(/C#N)C(=O)Nc2ccc(Br)cc2)ccc1OCc1ccc(I)cc1. The van der Waals surface area contributed by atoms with E-state index >= 15 is 0 Å². The molecular formula is C25H20BrIN2O3. The molecule has 0 spiro atoms. The number of ether oxygens (including phenoxy) is 2. The molecule has 3 aromatic carbocycles. The highest BCUT2D eigenvalue weighted by molar-refractivity contribution is 14.1. The van der Waals surface area contributed by atoms with Gasteiger partial charge in [-0.15, -0.1) is 0 Å². The standard InChI is InChI=1S/C25H20BrIN2O3/c1-2-31-24-14-18(5-12-23(24)32-16-17-3-8-21(27)9-4-17)13-19(15-28)25(30)29-22-10-6-20(26)7-11-22/h3-14H,2,16H2,1H3,(H,29,30)/b19-13-. The molecule has 0 aromatic heterocycles. The van der Waals surface area contributed by atoms with Gasteiger partial charge < -0.3 is 14.8 Å². The average molecular weight is 603 g/mol. The highest BCUT2D eigenvalue weighted by Crippen LogP contribution is 2.30. The van der Waals surface area contributed by atoms with Crippen LogP contribution in [0, 0.1) is 14.9 Å². The van der Waals surface area contributed by atoms with Gasteiger partial charge >= 0.3 is 0 Å². The molecule has 0 aliphatic rings. The number of nitrogens with one attached hydrogen (secondary N) is 1. The minimum atomic E-state index is -0.480. The molecule has 0 saturated carbocycles. The summed E-state index contributed by atoms with van der Waals surface area (Å²) in [5.41, 5.74) is 2.31. The minimum Gasteiger partial charge on any atom is -0.490 e. The normalized spacial score (nSPS) is 10.9. The maximum Gasteiger partial charge on any atom is 0.266 e. The van der Waals surface area contributed by atoms with E-state index in [0.717, 1.165) is 13.6 Å². The number of nitriles is 1. The van der Waals surface area contributed by atoms with Crippen LogP contribution in [0.5, 0.6) is 11.5 Å². The second-order valence-corrected chi connectivity index (χ2v) is 8.85. The van der Waals surface area contributed by atoms with Gasteiger partial charge in [0.15, 0.2) is 11.5 Å². The molecule has 7 heteroatoms. The summed E-state index contributed by atoms with van der Waals surface area (Å²) in [5.74, 6) is 0.671. The molecule has 0 bridgehead atoms. The monoisotopic (exact) mass is 602 g/mol. The molecule has 0 unspecified atom stereocenters. The van der Waals surface area contributed by atoms with Gasteiger partial charge in [0.05, 0.1) is 6.61 Å². The largest absolute Gasteiger partial charge is 0.490 e. The van der Waals surface area contributed by atoms with Gasteiger partial charge in [0.25, 0.3) is 5.91 Å². The summed E-state index contributed by atoms with van der Waals surface area (Å²) in [4.78, 5) is 12.5. The van der Waals surface area contributed by atoms with Crippen molar-refractivity contribution in [2.24, 2.45) is 0 Å². The number of nitrogens with zero attached hydrogens (tertiary/aromatic N) is 1. The maximum absolute atomic E-state index is 12.5. The molecule has 32 heavy (non-hydrogen) atoms. The minimum absolute atomic E-state index is 0.0112. The van der Waals surface area contributed by atoms with Crippen molar-refractivity contribution in [1.29, 1.82) is 5.26 Å². The van der Waals surface area contributed by atoms with Crippen LogP contribution < -0.4 is 14.8 Å². The third-order valence-corrected chi connectivity index (χ3v) is 5.60. The lowest BCUT2D eigenvalue weighted by Crippen LogP contribution is -2.13. The Morgan fingerprint density at radius 2 is 1.78 bits per heavy atom. The Morgan fingerprint density at radius 3 is 2.44 bits per heavy atom. The average Bonchev–Trinajstić information content (AvgIpc) is 2.79. The fourth-order valence-corrected chi connectivity index (χ4v) is 3.41. The molecule has 1 amide bonds. The van der Waals surface area contributed by atoms with Crippen molar-refractivity contribution in [3.05, 3.63) is 91.5 Å². The van der Waals surface area contributed by atoms with Crippen molar-refractivity contribution in [3.63, 3.8) is 0 Å². The van der Waals surface area contributed by atoms with Gasteiger partial charge in [0, 0.05) is 13.7 Å². The smallest absolute Gasteiger partial charge is 0.266 e. The molecule has 162 valence electrons. The van der Waals surface area contributed by atoms with Crippen LogP contribution in [0.4, 0.5) is 5.69 Å². The number of hydrogen-bond donors (Lipinski definition) is 1.